The van der Waals surface area contributed by atoms with Crippen LogP contribution < -0.4 is 14.8 Å². The molecular weight excluding hydrogens is 420 g/mol. The van der Waals surface area contributed by atoms with E-state index in [1.807, 2.05) is 0 Å². The molecule has 0 spiro atoms. The van der Waals surface area contributed by atoms with Gasteiger partial charge in [0, 0.05) is 18.2 Å². The first-order valence-corrected chi connectivity index (χ1v) is 10.3. The van der Waals surface area contributed by atoms with E-state index in [0.29, 0.717) is 21.5 Å². The second-order valence-electron chi connectivity index (χ2n) is 6.05. The molecule has 0 radical (unpaired) electrons. The number of rotatable bonds is 8. The van der Waals surface area contributed by atoms with Gasteiger partial charge in [0.25, 0.3) is 15.9 Å². The van der Waals surface area contributed by atoms with Gasteiger partial charge < -0.3 is 14.8 Å². The summed E-state index contributed by atoms with van der Waals surface area (Å²) < 4.78 is 36.3. The summed E-state index contributed by atoms with van der Waals surface area (Å²) in [6, 6.07) is 8.81. The molecule has 2 aromatic carbocycles. The second kappa shape index (κ2) is 9.45. The van der Waals surface area contributed by atoms with Crippen LogP contribution in [-0.4, -0.2) is 47.2 Å². The lowest BCUT2D eigenvalue weighted by atomic mass is 10.1. The first kappa shape index (κ1) is 23.0. The van der Waals surface area contributed by atoms with Crippen molar-refractivity contribution >= 4 is 27.5 Å². The quantitative estimate of drug-likeness (QED) is 0.631. The fourth-order valence-electron chi connectivity index (χ4n) is 2.61. The summed E-state index contributed by atoms with van der Waals surface area (Å²) in [6.45, 7) is 1.78. The minimum atomic E-state index is -4.01. The zero-order valence-electron chi connectivity index (χ0n) is 16.7. The van der Waals surface area contributed by atoms with Gasteiger partial charge in [0.1, 0.15) is 16.4 Å². The summed E-state index contributed by atoms with van der Waals surface area (Å²) in [7, 11) is 1.51. The number of hydrogen-bond donors (Lipinski definition) is 1. The van der Waals surface area contributed by atoms with Crippen LogP contribution in [0.15, 0.2) is 41.3 Å². The summed E-state index contributed by atoms with van der Waals surface area (Å²) in [5.41, 5.74) is 0.840. The van der Waals surface area contributed by atoms with Crippen LogP contribution in [0.2, 0.25) is 5.02 Å². The summed E-state index contributed by atoms with van der Waals surface area (Å²) in [4.78, 5) is 17.3. The Balaban J connectivity index is 2.34. The minimum Gasteiger partial charge on any atom is -0.497 e. The van der Waals surface area contributed by atoms with Crippen molar-refractivity contribution in [2.45, 2.75) is 17.9 Å². The van der Waals surface area contributed by atoms with Crippen molar-refractivity contribution in [1.29, 1.82) is 0 Å². The number of nitrogens with one attached hydrogen (secondary N) is 1. The number of amides is 1. The van der Waals surface area contributed by atoms with Crippen molar-refractivity contribution in [3.05, 3.63) is 52.5 Å². The Morgan fingerprint density at radius 3 is 2.38 bits per heavy atom. The molecule has 10 heteroatoms. The number of carbonyl (C=O) groups is 1. The largest absolute Gasteiger partial charge is 0.497 e. The summed E-state index contributed by atoms with van der Waals surface area (Å²) in [5.74, 6) is 0.722. The lowest BCUT2D eigenvalue weighted by molar-refractivity contribution is -0.0258. The average molecular weight is 443 g/mol. The highest BCUT2D eigenvalue weighted by Crippen LogP contribution is 2.30. The first-order valence-electron chi connectivity index (χ1n) is 8.51. The number of benzene rings is 2. The Morgan fingerprint density at radius 2 is 1.79 bits per heavy atom. The number of halogens is 1. The summed E-state index contributed by atoms with van der Waals surface area (Å²) in [6.07, 6.45) is 0. The van der Waals surface area contributed by atoms with E-state index < -0.39 is 22.0 Å². The molecule has 1 amide bonds. The molecule has 158 valence electrons. The average Bonchev–Trinajstić information content (AvgIpc) is 2.72. The molecule has 0 saturated carbocycles. The van der Waals surface area contributed by atoms with Crippen LogP contribution in [0.1, 0.15) is 28.9 Å². The van der Waals surface area contributed by atoms with Gasteiger partial charge in [-0.3, -0.25) is 9.63 Å². The van der Waals surface area contributed by atoms with Gasteiger partial charge in [-0.2, -0.15) is 0 Å². The Bertz CT molecular complexity index is 996. The molecule has 2 aromatic rings. The first-order chi connectivity index (χ1) is 13.6. The zero-order valence-corrected chi connectivity index (χ0v) is 18.3. The Hall–Kier alpha value is -2.33. The summed E-state index contributed by atoms with van der Waals surface area (Å²) in [5, 5.41) is 2.80. The highest BCUT2D eigenvalue weighted by Gasteiger charge is 2.25. The molecule has 0 saturated heterocycles. The molecule has 0 bridgehead atoms. The van der Waals surface area contributed by atoms with Gasteiger partial charge in [0.2, 0.25) is 0 Å². The molecule has 1 unspecified atom stereocenters. The van der Waals surface area contributed by atoms with Crippen LogP contribution in [-0.2, 0) is 14.9 Å². The van der Waals surface area contributed by atoms with Crippen LogP contribution in [0.4, 0.5) is 0 Å². The standard InChI is InChI=1S/C19H23ClN2O6S/c1-12(15-11-14(26-3)7-9-17(15)27-4)21-19(23)13-6-8-16(20)18(10-13)29(24,25)22(2)28-5/h6-12H,1-5H3,(H,21,23). The lowest BCUT2D eigenvalue weighted by Crippen LogP contribution is -2.28. The maximum Gasteiger partial charge on any atom is 0.266 e. The fraction of sp³-hybridized carbons (Fsp3) is 0.316. The lowest BCUT2D eigenvalue weighted by Gasteiger charge is -2.19. The zero-order chi connectivity index (χ0) is 21.8. The number of hydrogen-bond acceptors (Lipinski definition) is 6. The third-order valence-corrected chi connectivity index (χ3v) is 6.48. The molecule has 0 aliphatic heterocycles. The van der Waals surface area contributed by atoms with Gasteiger partial charge in [-0.15, -0.1) is 0 Å². The molecule has 1 N–H and O–H groups in total. The predicted octanol–water partition coefficient (Wildman–Crippen LogP) is 3.03. The predicted molar refractivity (Wildman–Crippen MR) is 109 cm³/mol. The van der Waals surface area contributed by atoms with E-state index in [0.717, 1.165) is 0 Å². The van der Waals surface area contributed by atoms with Gasteiger partial charge in [-0.25, -0.2) is 8.42 Å². The van der Waals surface area contributed by atoms with Crippen LogP contribution in [0, 0.1) is 0 Å². The van der Waals surface area contributed by atoms with E-state index >= 15 is 0 Å². The monoisotopic (exact) mass is 442 g/mol. The van der Waals surface area contributed by atoms with E-state index in [-0.39, 0.29) is 15.5 Å². The summed E-state index contributed by atoms with van der Waals surface area (Å²) >= 11 is 6.04. The normalized spacial score (nSPS) is 12.5. The number of hydroxylamine groups is 1. The molecular formula is C19H23ClN2O6S. The van der Waals surface area contributed by atoms with Crippen LogP contribution in [0.25, 0.3) is 0 Å². The Labute approximate surface area is 175 Å². The van der Waals surface area contributed by atoms with Crippen LogP contribution >= 0.6 is 11.6 Å². The van der Waals surface area contributed by atoms with Crippen molar-refractivity contribution in [2.75, 3.05) is 28.4 Å². The molecule has 29 heavy (non-hydrogen) atoms. The van der Waals surface area contributed by atoms with Crippen molar-refractivity contribution in [3.8, 4) is 11.5 Å². The van der Waals surface area contributed by atoms with Gasteiger partial charge in [0.15, 0.2) is 0 Å². The molecule has 0 aliphatic carbocycles. The minimum absolute atomic E-state index is 0.0204. The third-order valence-electron chi connectivity index (χ3n) is 4.32. The van der Waals surface area contributed by atoms with Crippen LogP contribution in [0.5, 0.6) is 11.5 Å². The van der Waals surface area contributed by atoms with E-state index in [9.17, 15) is 13.2 Å². The van der Waals surface area contributed by atoms with Gasteiger partial charge in [0.05, 0.1) is 32.4 Å². The van der Waals surface area contributed by atoms with Crippen molar-refractivity contribution < 1.29 is 27.5 Å². The SMILES string of the molecule is COc1ccc(OC)c(C(C)NC(=O)c2ccc(Cl)c(S(=O)(=O)N(C)OC)c2)c1. The molecule has 0 aromatic heterocycles. The van der Waals surface area contributed by atoms with Crippen molar-refractivity contribution in [2.24, 2.45) is 0 Å². The molecule has 0 aliphatic rings. The van der Waals surface area contributed by atoms with Gasteiger partial charge in [-0.1, -0.05) is 16.1 Å². The van der Waals surface area contributed by atoms with E-state index in [4.69, 9.17) is 25.9 Å². The third kappa shape index (κ3) is 4.99. The highest BCUT2D eigenvalue weighted by atomic mass is 35.5. The van der Waals surface area contributed by atoms with Crippen molar-refractivity contribution in [1.82, 2.24) is 9.79 Å². The van der Waals surface area contributed by atoms with Gasteiger partial charge >= 0.3 is 0 Å². The van der Waals surface area contributed by atoms with Crippen molar-refractivity contribution in [3.63, 3.8) is 0 Å². The second-order valence-corrected chi connectivity index (χ2v) is 8.36. The Kier molecular flexibility index (Phi) is 7.48. The van der Waals surface area contributed by atoms with Crippen LogP contribution in [0.3, 0.4) is 0 Å². The molecule has 2 rings (SSSR count). The van der Waals surface area contributed by atoms with E-state index in [2.05, 4.69) is 5.32 Å². The smallest absolute Gasteiger partial charge is 0.266 e. The molecule has 0 heterocycles. The maximum atomic E-state index is 12.7. The molecule has 8 nitrogen and oxygen atoms in total. The van der Waals surface area contributed by atoms with E-state index in [1.165, 1.54) is 39.5 Å². The number of sulfonamides is 1. The van der Waals surface area contributed by atoms with E-state index in [1.54, 1.807) is 32.2 Å². The number of nitrogens with zero attached hydrogens (tertiary/aromatic N) is 1. The molecule has 0 fully saturated rings. The highest BCUT2D eigenvalue weighted by molar-refractivity contribution is 7.89. The number of methoxy groups -OCH3 is 2. The maximum absolute atomic E-state index is 12.7. The fourth-order valence-corrected chi connectivity index (χ4v) is 4.09. The topological polar surface area (TPSA) is 94.2 Å². The number of carbonyl (C=O) groups excluding carboxylic acids is 1. The Morgan fingerprint density at radius 1 is 1.10 bits per heavy atom. The molecule has 1 atom stereocenters. The number of ether oxygens (including phenoxy) is 2. The van der Waals surface area contributed by atoms with Gasteiger partial charge in [-0.05, 0) is 43.3 Å².